The minimum atomic E-state index is 0.305. The summed E-state index contributed by atoms with van der Waals surface area (Å²) in [6.07, 6.45) is 3.75. The van der Waals surface area contributed by atoms with Crippen LogP contribution in [0.3, 0.4) is 0 Å². The van der Waals surface area contributed by atoms with Crippen molar-refractivity contribution >= 4 is 11.6 Å². The first-order valence-electron chi connectivity index (χ1n) is 7.44. The Morgan fingerprint density at radius 2 is 2.11 bits per heavy atom. The topological polar surface area (TPSA) is 29.9 Å². The first-order chi connectivity index (χ1) is 9.01. The van der Waals surface area contributed by atoms with Crippen LogP contribution in [0.4, 0.5) is 0 Å². The van der Waals surface area contributed by atoms with Crippen LogP contribution in [0.5, 0.6) is 0 Å². The second-order valence-electron chi connectivity index (χ2n) is 6.05. The maximum Gasteiger partial charge on any atom is 0.0847 e. The van der Waals surface area contributed by atoms with Gasteiger partial charge < -0.3 is 5.32 Å². The van der Waals surface area contributed by atoms with Crippen LogP contribution >= 0.6 is 11.6 Å². The van der Waals surface area contributed by atoms with Gasteiger partial charge in [-0.1, -0.05) is 25.4 Å². The second kappa shape index (κ2) is 5.84. The van der Waals surface area contributed by atoms with Crippen molar-refractivity contribution in [2.45, 2.75) is 53.5 Å². The monoisotopic (exact) mass is 283 g/mol. The molecule has 0 aliphatic heterocycles. The van der Waals surface area contributed by atoms with E-state index in [2.05, 4.69) is 35.9 Å². The average molecular weight is 284 g/mol. The highest BCUT2D eigenvalue weighted by Gasteiger charge is 2.42. The van der Waals surface area contributed by atoms with Gasteiger partial charge >= 0.3 is 0 Å². The molecule has 108 valence electrons. The minimum absolute atomic E-state index is 0.305. The predicted molar refractivity (Wildman–Crippen MR) is 80.7 cm³/mol. The van der Waals surface area contributed by atoms with E-state index in [1.807, 2.05) is 6.92 Å². The van der Waals surface area contributed by atoms with E-state index in [1.54, 1.807) is 0 Å². The van der Waals surface area contributed by atoms with Crippen LogP contribution in [0.25, 0.3) is 0 Å². The molecule has 3 nitrogen and oxygen atoms in total. The molecule has 0 aromatic carbocycles. The van der Waals surface area contributed by atoms with Gasteiger partial charge in [0.1, 0.15) is 0 Å². The van der Waals surface area contributed by atoms with Gasteiger partial charge in [-0.2, -0.15) is 5.10 Å². The van der Waals surface area contributed by atoms with Crippen molar-refractivity contribution in [1.82, 2.24) is 15.1 Å². The summed E-state index contributed by atoms with van der Waals surface area (Å²) < 4.78 is 2.07. The molecule has 0 radical (unpaired) electrons. The Labute approximate surface area is 121 Å². The highest BCUT2D eigenvalue weighted by atomic mass is 35.5. The molecular formula is C15H26ClN3. The van der Waals surface area contributed by atoms with Gasteiger partial charge in [-0.15, -0.1) is 0 Å². The molecule has 1 heterocycles. The third-order valence-electron chi connectivity index (χ3n) is 4.37. The van der Waals surface area contributed by atoms with E-state index in [1.165, 1.54) is 18.5 Å². The molecule has 0 amide bonds. The summed E-state index contributed by atoms with van der Waals surface area (Å²) in [5.74, 6) is 0.836. The standard InChI is InChI=1S/C15H26ClN3/c1-5-17-10-15(4,12-7-8-12)9-13-14(16)11(3)18-19(13)6-2/h12,17H,5-10H2,1-4H3. The SMILES string of the molecule is CCNCC(C)(Cc1c(Cl)c(C)nn1CC)C1CC1. The summed E-state index contributed by atoms with van der Waals surface area (Å²) in [5, 5.41) is 8.92. The number of hydrogen-bond acceptors (Lipinski definition) is 2. The lowest BCUT2D eigenvalue weighted by Crippen LogP contribution is -2.36. The number of hydrogen-bond donors (Lipinski definition) is 1. The Morgan fingerprint density at radius 1 is 1.42 bits per heavy atom. The summed E-state index contributed by atoms with van der Waals surface area (Å²) in [6, 6.07) is 0. The number of aromatic nitrogens is 2. The van der Waals surface area contributed by atoms with Gasteiger partial charge in [0, 0.05) is 13.1 Å². The molecule has 0 bridgehead atoms. The average Bonchev–Trinajstić information content (AvgIpc) is 3.20. The summed E-state index contributed by atoms with van der Waals surface area (Å²) in [6.45, 7) is 11.7. The Kier molecular flexibility index (Phi) is 4.57. The largest absolute Gasteiger partial charge is 0.316 e. The second-order valence-corrected chi connectivity index (χ2v) is 6.43. The maximum absolute atomic E-state index is 6.45. The van der Waals surface area contributed by atoms with Crippen LogP contribution in [0.1, 0.15) is 45.0 Å². The molecule has 0 saturated heterocycles. The van der Waals surface area contributed by atoms with E-state index in [0.29, 0.717) is 5.41 Å². The van der Waals surface area contributed by atoms with Crippen molar-refractivity contribution in [3.8, 4) is 0 Å². The number of halogens is 1. The zero-order valence-electron chi connectivity index (χ0n) is 12.6. The third-order valence-corrected chi connectivity index (χ3v) is 4.86. The first-order valence-corrected chi connectivity index (χ1v) is 7.82. The lowest BCUT2D eigenvalue weighted by atomic mass is 9.80. The van der Waals surface area contributed by atoms with Gasteiger partial charge in [-0.25, -0.2) is 0 Å². The zero-order valence-corrected chi connectivity index (χ0v) is 13.3. The van der Waals surface area contributed by atoms with E-state index < -0.39 is 0 Å². The molecule has 1 N–H and O–H groups in total. The molecular weight excluding hydrogens is 258 g/mol. The van der Waals surface area contributed by atoms with Gasteiger partial charge in [-0.05, 0) is 51.0 Å². The molecule has 1 unspecified atom stereocenters. The van der Waals surface area contributed by atoms with Crippen LogP contribution in [0, 0.1) is 18.3 Å². The summed E-state index contributed by atoms with van der Waals surface area (Å²) >= 11 is 6.45. The number of nitrogens with zero attached hydrogens (tertiary/aromatic N) is 2. The van der Waals surface area contributed by atoms with Crippen molar-refractivity contribution in [3.63, 3.8) is 0 Å². The van der Waals surface area contributed by atoms with E-state index in [0.717, 1.165) is 42.7 Å². The molecule has 1 fully saturated rings. The smallest absolute Gasteiger partial charge is 0.0847 e. The molecule has 2 rings (SSSR count). The molecule has 1 aromatic rings. The molecule has 1 aromatic heterocycles. The number of rotatable bonds is 7. The Hall–Kier alpha value is -0.540. The van der Waals surface area contributed by atoms with Crippen molar-refractivity contribution in [2.24, 2.45) is 11.3 Å². The highest BCUT2D eigenvalue weighted by molar-refractivity contribution is 6.31. The minimum Gasteiger partial charge on any atom is -0.316 e. The van der Waals surface area contributed by atoms with Crippen molar-refractivity contribution in [2.75, 3.05) is 13.1 Å². The summed E-state index contributed by atoms with van der Waals surface area (Å²) in [7, 11) is 0. The predicted octanol–water partition coefficient (Wildman–Crippen LogP) is 3.43. The van der Waals surface area contributed by atoms with Gasteiger partial charge in [-0.3, -0.25) is 4.68 Å². The molecule has 1 aliphatic rings. The molecule has 1 saturated carbocycles. The molecule has 19 heavy (non-hydrogen) atoms. The number of nitrogens with one attached hydrogen (secondary N) is 1. The third kappa shape index (κ3) is 3.14. The molecule has 1 aliphatic carbocycles. The van der Waals surface area contributed by atoms with Crippen molar-refractivity contribution in [3.05, 3.63) is 16.4 Å². The normalized spacial score (nSPS) is 18.6. The molecule has 1 atom stereocenters. The fourth-order valence-electron chi connectivity index (χ4n) is 2.96. The van der Waals surface area contributed by atoms with Crippen LogP contribution < -0.4 is 5.32 Å². The Morgan fingerprint density at radius 3 is 2.63 bits per heavy atom. The number of aryl methyl sites for hydroxylation is 2. The van der Waals surface area contributed by atoms with E-state index in [-0.39, 0.29) is 0 Å². The van der Waals surface area contributed by atoms with Crippen molar-refractivity contribution in [1.29, 1.82) is 0 Å². The fourth-order valence-corrected chi connectivity index (χ4v) is 3.16. The van der Waals surface area contributed by atoms with Crippen LogP contribution in [-0.4, -0.2) is 22.9 Å². The van der Waals surface area contributed by atoms with Crippen LogP contribution in [0.2, 0.25) is 5.02 Å². The van der Waals surface area contributed by atoms with Gasteiger partial charge in [0.25, 0.3) is 0 Å². The first kappa shape index (κ1) is 14.9. The van der Waals surface area contributed by atoms with Gasteiger partial charge in [0.2, 0.25) is 0 Å². The highest BCUT2D eigenvalue weighted by Crippen LogP contribution is 2.47. The zero-order chi connectivity index (χ0) is 14.0. The van der Waals surface area contributed by atoms with E-state index >= 15 is 0 Å². The van der Waals surface area contributed by atoms with E-state index in [4.69, 9.17) is 11.6 Å². The van der Waals surface area contributed by atoms with E-state index in [9.17, 15) is 0 Å². The van der Waals surface area contributed by atoms with Crippen LogP contribution in [-0.2, 0) is 13.0 Å². The Bertz CT molecular complexity index is 437. The Balaban J connectivity index is 2.21. The quantitative estimate of drug-likeness (QED) is 0.831. The maximum atomic E-state index is 6.45. The fraction of sp³-hybridized carbons (Fsp3) is 0.800. The van der Waals surface area contributed by atoms with Gasteiger partial charge in [0.05, 0.1) is 16.4 Å². The van der Waals surface area contributed by atoms with Gasteiger partial charge in [0.15, 0.2) is 0 Å². The summed E-state index contributed by atoms with van der Waals surface area (Å²) in [4.78, 5) is 0. The molecule has 4 heteroatoms. The lowest BCUT2D eigenvalue weighted by molar-refractivity contribution is 0.251. The molecule has 0 spiro atoms. The summed E-state index contributed by atoms with van der Waals surface area (Å²) in [5.41, 5.74) is 2.48. The lowest BCUT2D eigenvalue weighted by Gasteiger charge is -2.30. The van der Waals surface area contributed by atoms with Crippen LogP contribution in [0.15, 0.2) is 0 Å². The van der Waals surface area contributed by atoms with Crippen molar-refractivity contribution < 1.29 is 0 Å².